The summed E-state index contributed by atoms with van der Waals surface area (Å²) < 4.78 is 19.1. The van der Waals surface area contributed by atoms with Crippen LogP contribution >= 0.6 is 11.6 Å². The predicted octanol–water partition coefficient (Wildman–Crippen LogP) is 4.07. The first-order valence-corrected chi connectivity index (χ1v) is 8.67. The van der Waals surface area contributed by atoms with E-state index in [0.29, 0.717) is 18.2 Å². The molecular weight excluding hydrogens is 354 g/mol. The van der Waals surface area contributed by atoms with E-state index in [4.69, 9.17) is 25.8 Å². The van der Waals surface area contributed by atoms with Crippen molar-refractivity contribution in [2.75, 3.05) is 13.7 Å². The van der Waals surface area contributed by atoms with Crippen LogP contribution in [0.15, 0.2) is 36.5 Å². The summed E-state index contributed by atoms with van der Waals surface area (Å²) in [6, 6.07) is 9.19. The van der Waals surface area contributed by atoms with Crippen molar-refractivity contribution in [3.63, 3.8) is 0 Å². The second-order valence-corrected chi connectivity index (χ2v) is 7.09. The fourth-order valence-corrected chi connectivity index (χ4v) is 2.73. The highest BCUT2D eigenvalue weighted by Crippen LogP contribution is 2.25. The molecule has 0 atom stereocenters. The van der Waals surface area contributed by atoms with Gasteiger partial charge in [0.2, 0.25) is 0 Å². The Morgan fingerprint density at radius 2 is 1.85 bits per heavy atom. The summed E-state index contributed by atoms with van der Waals surface area (Å²) in [5, 5.41) is 9.06. The number of nitrogens with zero attached hydrogens (tertiary/aromatic N) is 3. The standard InChI is InChI=1S/C19H22ClN3O3/c1-13-16(9-10-23-17(11-24-4)21-22-18(13)23)25-12-19(2,3)26-15-7-5-14(20)6-8-15/h5-10H,11-12H2,1-4H3. The molecule has 0 bridgehead atoms. The largest absolute Gasteiger partial charge is 0.489 e. The van der Waals surface area contributed by atoms with E-state index in [1.54, 1.807) is 19.2 Å². The third-order valence-electron chi connectivity index (χ3n) is 3.90. The van der Waals surface area contributed by atoms with Crippen LogP contribution in [0.2, 0.25) is 5.02 Å². The van der Waals surface area contributed by atoms with Gasteiger partial charge in [-0.25, -0.2) is 0 Å². The maximum Gasteiger partial charge on any atom is 0.167 e. The monoisotopic (exact) mass is 375 g/mol. The lowest BCUT2D eigenvalue weighted by atomic mass is 10.1. The topological polar surface area (TPSA) is 57.9 Å². The van der Waals surface area contributed by atoms with Crippen molar-refractivity contribution in [2.24, 2.45) is 0 Å². The summed E-state index contributed by atoms with van der Waals surface area (Å²) in [6.45, 7) is 6.70. The number of hydrogen-bond donors (Lipinski definition) is 0. The average molecular weight is 376 g/mol. The fourth-order valence-electron chi connectivity index (χ4n) is 2.60. The highest BCUT2D eigenvalue weighted by molar-refractivity contribution is 6.30. The smallest absolute Gasteiger partial charge is 0.167 e. The number of fused-ring (bicyclic) bond motifs is 1. The lowest BCUT2D eigenvalue weighted by Gasteiger charge is -2.27. The number of hydrogen-bond acceptors (Lipinski definition) is 5. The molecule has 0 fully saturated rings. The molecule has 0 aliphatic rings. The summed E-state index contributed by atoms with van der Waals surface area (Å²) in [6.07, 6.45) is 1.89. The zero-order valence-electron chi connectivity index (χ0n) is 15.3. The molecule has 0 unspecified atom stereocenters. The first-order chi connectivity index (χ1) is 12.4. The molecule has 3 aromatic rings. The number of pyridine rings is 1. The van der Waals surface area contributed by atoms with Crippen molar-refractivity contribution in [3.05, 3.63) is 52.9 Å². The number of aryl methyl sites for hydroxylation is 1. The molecule has 1 aromatic carbocycles. The summed E-state index contributed by atoms with van der Waals surface area (Å²) in [5.74, 6) is 2.25. The predicted molar refractivity (Wildman–Crippen MR) is 100 cm³/mol. The molecule has 26 heavy (non-hydrogen) atoms. The number of aromatic nitrogens is 3. The molecule has 2 aromatic heterocycles. The van der Waals surface area contributed by atoms with Crippen molar-refractivity contribution >= 4 is 17.2 Å². The molecule has 0 aliphatic carbocycles. The molecule has 0 N–H and O–H groups in total. The fraction of sp³-hybridized carbons (Fsp3) is 0.368. The van der Waals surface area contributed by atoms with Crippen LogP contribution in [0.1, 0.15) is 25.2 Å². The van der Waals surface area contributed by atoms with Gasteiger partial charge in [0, 0.05) is 23.9 Å². The van der Waals surface area contributed by atoms with Gasteiger partial charge in [0.15, 0.2) is 11.5 Å². The maximum absolute atomic E-state index is 6.01. The van der Waals surface area contributed by atoms with Crippen molar-refractivity contribution in [2.45, 2.75) is 33.0 Å². The molecule has 3 rings (SSSR count). The van der Waals surface area contributed by atoms with Crippen LogP contribution in [-0.2, 0) is 11.3 Å². The quantitative estimate of drug-likeness (QED) is 0.623. The summed E-state index contributed by atoms with van der Waals surface area (Å²) in [4.78, 5) is 0. The van der Waals surface area contributed by atoms with E-state index in [0.717, 1.165) is 28.5 Å². The van der Waals surface area contributed by atoms with Crippen molar-refractivity contribution < 1.29 is 14.2 Å². The van der Waals surface area contributed by atoms with Crippen LogP contribution in [0.5, 0.6) is 11.5 Å². The number of methoxy groups -OCH3 is 1. The molecule has 138 valence electrons. The Morgan fingerprint density at radius 1 is 1.12 bits per heavy atom. The molecule has 2 heterocycles. The Labute approximate surface area is 157 Å². The summed E-state index contributed by atoms with van der Waals surface area (Å²) >= 11 is 5.91. The highest BCUT2D eigenvalue weighted by atomic mass is 35.5. The lowest BCUT2D eigenvalue weighted by Crippen LogP contribution is -2.35. The van der Waals surface area contributed by atoms with E-state index in [1.165, 1.54) is 0 Å². The van der Waals surface area contributed by atoms with E-state index >= 15 is 0 Å². The van der Waals surface area contributed by atoms with E-state index in [9.17, 15) is 0 Å². The Balaban J connectivity index is 1.72. The Hall–Kier alpha value is -2.31. The zero-order chi connectivity index (χ0) is 18.7. The third kappa shape index (κ3) is 4.08. The second kappa shape index (κ2) is 7.51. The van der Waals surface area contributed by atoms with Crippen molar-refractivity contribution in [3.8, 4) is 11.5 Å². The van der Waals surface area contributed by atoms with Crippen LogP contribution < -0.4 is 9.47 Å². The van der Waals surface area contributed by atoms with Crippen LogP contribution in [0.25, 0.3) is 5.65 Å². The van der Waals surface area contributed by atoms with Gasteiger partial charge in [-0.05, 0) is 51.1 Å². The minimum absolute atomic E-state index is 0.381. The van der Waals surface area contributed by atoms with Crippen molar-refractivity contribution in [1.29, 1.82) is 0 Å². The second-order valence-electron chi connectivity index (χ2n) is 6.65. The summed E-state index contributed by atoms with van der Waals surface area (Å²) in [5.41, 5.74) is 1.16. The van der Waals surface area contributed by atoms with Gasteiger partial charge in [-0.15, -0.1) is 10.2 Å². The summed E-state index contributed by atoms with van der Waals surface area (Å²) in [7, 11) is 1.63. The first kappa shape index (κ1) is 18.5. The van der Waals surface area contributed by atoms with Gasteiger partial charge in [-0.1, -0.05) is 11.6 Å². The van der Waals surface area contributed by atoms with E-state index < -0.39 is 5.60 Å². The van der Waals surface area contributed by atoms with Crippen molar-refractivity contribution in [1.82, 2.24) is 14.6 Å². The molecule has 0 aliphatic heterocycles. The van der Waals surface area contributed by atoms with E-state index in [-0.39, 0.29) is 0 Å². The minimum Gasteiger partial charge on any atom is -0.489 e. The number of benzene rings is 1. The van der Waals surface area contributed by atoms with Gasteiger partial charge in [-0.2, -0.15) is 0 Å². The molecular formula is C19H22ClN3O3. The number of halogens is 1. The Bertz CT molecular complexity index is 891. The Morgan fingerprint density at radius 3 is 2.54 bits per heavy atom. The van der Waals surface area contributed by atoms with Crippen LogP contribution in [0, 0.1) is 6.92 Å². The molecule has 0 saturated carbocycles. The van der Waals surface area contributed by atoms with Gasteiger partial charge < -0.3 is 14.2 Å². The van der Waals surface area contributed by atoms with Gasteiger partial charge >= 0.3 is 0 Å². The lowest BCUT2D eigenvalue weighted by molar-refractivity contribution is 0.0518. The van der Waals surface area contributed by atoms with Crippen LogP contribution in [0.3, 0.4) is 0 Å². The van der Waals surface area contributed by atoms with Gasteiger partial charge in [0.05, 0.1) is 0 Å². The normalized spacial score (nSPS) is 11.7. The molecule has 0 spiro atoms. The van der Waals surface area contributed by atoms with E-state index in [2.05, 4.69) is 10.2 Å². The molecule has 6 nitrogen and oxygen atoms in total. The zero-order valence-corrected chi connectivity index (χ0v) is 16.1. The van der Waals surface area contributed by atoms with Crippen LogP contribution in [-0.4, -0.2) is 33.9 Å². The van der Waals surface area contributed by atoms with Gasteiger partial charge in [-0.3, -0.25) is 4.40 Å². The molecule has 0 saturated heterocycles. The molecule has 0 radical (unpaired) electrons. The number of rotatable bonds is 7. The third-order valence-corrected chi connectivity index (χ3v) is 4.15. The van der Waals surface area contributed by atoms with Crippen LogP contribution in [0.4, 0.5) is 0 Å². The van der Waals surface area contributed by atoms with Gasteiger partial charge in [0.25, 0.3) is 0 Å². The SMILES string of the molecule is COCc1nnc2c(C)c(OCC(C)(C)Oc3ccc(Cl)cc3)ccn12. The highest BCUT2D eigenvalue weighted by Gasteiger charge is 2.22. The first-order valence-electron chi connectivity index (χ1n) is 8.29. The van der Waals surface area contributed by atoms with E-state index in [1.807, 2.05) is 49.6 Å². The van der Waals surface area contributed by atoms with Gasteiger partial charge in [0.1, 0.15) is 30.3 Å². The molecule has 7 heteroatoms. The molecule has 0 amide bonds. The average Bonchev–Trinajstić information content (AvgIpc) is 3.00. The maximum atomic E-state index is 6.01. The number of ether oxygens (including phenoxy) is 3. The Kier molecular flexibility index (Phi) is 5.34. The minimum atomic E-state index is -0.513.